The molecule has 0 spiro atoms. The fourth-order valence-corrected chi connectivity index (χ4v) is 6.71. The van der Waals surface area contributed by atoms with E-state index < -0.39 is 0 Å². The van der Waals surface area contributed by atoms with Crippen molar-refractivity contribution in [2.75, 3.05) is 10.6 Å². The van der Waals surface area contributed by atoms with E-state index in [0.717, 1.165) is 47.0 Å². The molecule has 2 aliphatic carbocycles. The molecular weight excluding hydrogens is 484 g/mol. The van der Waals surface area contributed by atoms with Crippen LogP contribution >= 0.6 is 0 Å². The Morgan fingerprint density at radius 3 is 2.13 bits per heavy atom. The smallest absolute Gasteiger partial charge is 0.342 e. The lowest BCUT2D eigenvalue weighted by molar-refractivity contribution is -0.151. The van der Waals surface area contributed by atoms with E-state index in [1.165, 1.54) is 6.42 Å². The van der Waals surface area contributed by atoms with Crippen LogP contribution in [0.25, 0.3) is 0 Å². The van der Waals surface area contributed by atoms with Crippen LogP contribution in [-0.2, 0) is 9.53 Å². The van der Waals surface area contributed by atoms with Crippen LogP contribution < -0.4 is 10.6 Å². The van der Waals surface area contributed by atoms with Crippen molar-refractivity contribution in [1.29, 1.82) is 0 Å². The van der Waals surface area contributed by atoms with Gasteiger partial charge in [0.05, 0.1) is 34.0 Å². The Balaban J connectivity index is 1.60. The van der Waals surface area contributed by atoms with Crippen molar-refractivity contribution in [3.8, 4) is 0 Å². The minimum absolute atomic E-state index is 0.0267. The predicted octanol–water partition coefficient (Wildman–Crippen LogP) is 8.34. The number of rotatable bonds is 2. The molecule has 2 N–H and O–H groups in total. The maximum absolute atomic E-state index is 14.0. The number of allylic oxidation sites excluding steroid dienone is 3. The predicted molar refractivity (Wildman–Crippen MR) is 161 cm³/mol. The normalized spacial score (nSPS) is 29.4. The van der Waals surface area contributed by atoms with Crippen LogP contribution in [0, 0.1) is 16.7 Å². The number of para-hydroxylation sites is 4. The van der Waals surface area contributed by atoms with E-state index in [-0.39, 0.29) is 22.9 Å². The molecule has 0 unspecified atom stereocenters. The summed E-state index contributed by atoms with van der Waals surface area (Å²) in [5, 5.41) is 6.93. The first kappa shape index (κ1) is 26.9. The largest absolute Gasteiger partial charge is 0.458 e. The SMILES string of the molecule is CC1=Nc2ccccc2N/C(C)=C(/C(=O)O[C@@H]2C[C@@H]3CC[C@@]2(C)C3(C)C)C(C)=Nc2ccccc2N/C(C)=C\1. The number of nitrogens with one attached hydrogen (secondary N) is 2. The van der Waals surface area contributed by atoms with Gasteiger partial charge >= 0.3 is 5.97 Å². The van der Waals surface area contributed by atoms with E-state index in [2.05, 4.69) is 31.4 Å². The number of carbonyl (C=O) groups excluding carboxylic acids is 1. The molecule has 0 aromatic heterocycles. The number of ether oxygens (including phenoxy) is 1. The number of anilines is 2. The van der Waals surface area contributed by atoms with Crippen molar-refractivity contribution < 1.29 is 9.53 Å². The van der Waals surface area contributed by atoms with Gasteiger partial charge in [0.15, 0.2) is 0 Å². The van der Waals surface area contributed by atoms with Crippen molar-refractivity contribution in [3.63, 3.8) is 0 Å². The van der Waals surface area contributed by atoms with Crippen LogP contribution in [0.1, 0.15) is 67.7 Å². The molecule has 204 valence electrons. The van der Waals surface area contributed by atoms with Gasteiger partial charge in [0.1, 0.15) is 6.10 Å². The number of carbonyl (C=O) groups is 1. The molecule has 1 heterocycles. The van der Waals surface area contributed by atoms with Gasteiger partial charge in [-0.1, -0.05) is 45.0 Å². The number of hydrogen-bond donors (Lipinski definition) is 2. The van der Waals surface area contributed by atoms with Crippen LogP contribution in [0.4, 0.5) is 22.7 Å². The van der Waals surface area contributed by atoms with Crippen molar-refractivity contribution in [2.45, 2.75) is 73.8 Å². The lowest BCUT2D eigenvalue weighted by Crippen LogP contribution is -2.39. The Kier molecular flexibility index (Phi) is 7.00. The van der Waals surface area contributed by atoms with Crippen molar-refractivity contribution in [1.82, 2.24) is 0 Å². The highest BCUT2D eigenvalue weighted by Gasteiger charge is 2.63. The first-order chi connectivity index (χ1) is 18.5. The molecule has 3 aliphatic rings. The molecule has 0 radical (unpaired) electrons. The fourth-order valence-electron chi connectivity index (χ4n) is 6.71. The lowest BCUT2D eigenvalue weighted by Gasteiger charge is -2.38. The molecule has 6 nitrogen and oxygen atoms in total. The van der Waals surface area contributed by atoms with E-state index in [0.29, 0.717) is 22.9 Å². The second kappa shape index (κ2) is 10.1. The molecule has 39 heavy (non-hydrogen) atoms. The van der Waals surface area contributed by atoms with E-state index >= 15 is 0 Å². The number of benzene rings is 2. The molecule has 2 saturated carbocycles. The molecule has 3 atom stereocenters. The van der Waals surface area contributed by atoms with Gasteiger partial charge in [-0.2, -0.15) is 0 Å². The van der Waals surface area contributed by atoms with E-state index in [9.17, 15) is 4.79 Å². The van der Waals surface area contributed by atoms with Gasteiger partial charge in [-0.3, -0.25) is 9.98 Å². The second-order valence-corrected chi connectivity index (χ2v) is 12.1. The highest BCUT2D eigenvalue weighted by molar-refractivity contribution is 6.20. The summed E-state index contributed by atoms with van der Waals surface area (Å²) in [5.41, 5.74) is 6.88. The molecule has 2 aromatic carbocycles. The van der Waals surface area contributed by atoms with Crippen molar-refractivity contribution in [3.05, 3.63) is 71.6 Å². The maximum atomic E-state index is 14.0. The topological polar surface area (TPSA) is 75.1 Å². The third-order valence-corrected chi connectivity index (χ3v) is 9.38. The number of aliphatic imine (C=N–C) groups is 2. The summed E-state index contributed by atoms with van der Waals surface area (Å²) in [6.45, 7) is 14.7. The molecule has 0 saturated heterocycles. The Hall–Kier alpha value is -3.67. The average molecular weight is 525 g/mol. The van der Waals surface area contributed by atoms with Gasteiger partial charge < -0.3 is 15.4 Å². The van der Waals surface area contributed by atoms with Gasteiger partial charge in [-0.25, -0.2) is 4.79 Å². The molecule has 2 fully saturated rings. The molecule has 5 rings (SSSR count). The summed E-state index contributed by atoms with van der Waals surface area (Å²) in [5.74, 6) is 0.246. The summed E-state index contributed by atoms with van der Waals surface area (Å²) in [7, 11) is 0. The average Bonchev–Trinajstić information content (AvgIpc) is 3.19. The lowest BCUT2D eigenvalue weighted by atomic mass is 9.70. The first-order valence-electron chi connectivity index (χ1n) is 13.9. The Morgan fingerprint density at radius 2 is 1.51 bits per heavy atom. The summed E-state index contributed by atoms with van der Waals surface area (Å²) < 4.78 is 6.37. The highest BCUT2D eigenvalue weighted by atomic mass is 16.5. The van der Waals surface area contributed by atoms with E-state index in [1.54, 1.807) is 0 Å². The third kappa shape index (κ3) is 4.93. The monoisotopic (exact) mass is 524 g/mol. The zero-order valence-corrected chi connectivity index (χ0v) is 24.2. The summed E-state index contributed by atoms with van der Waals surface area (Å²) in [4.78, 5) is 23.8. The van der Waals surface area contributed by atoms with Crippen molar-refractivity contribution >= 4 is 40.1 Å². The van der Waals surface area contributed by atoms with Crippen molar-refractivity contribution in [2.24, 2.45) is 26.7 Å². The number of hydrogen-bond acceptors (Lipinski definition) is 6. The van der Waals surface area contributed by atoms with Crippen LogP contribution in [0.5, 0.6) is 0 Å². The summed E-state index contributed by atoms with van der Waals surface area (Å²) in [6, 6.07) is 15.7. The van der Waals surface area contributed by atoms with Crippen LogP contribution in [0.3, 0.4) is 0 Å². The van der Waals surface area contributed by atoms with E-state index in [4.69, 9.17) is 14.7 Å². The van der Waals surface area contributed by atoms with Gasteiger partial charge in [0.2, 0.25) is 0 Å². The zero-order valence-electron chi connectivity index (χ0n) is 24.2. The summed E-state index contributed by atoms with van der Waals surface area (Å²) in [6.07, 6.45) is 5.11. The van der Waals surface area contributed by atoms with Crippen LogP contribution in [-0.4, -0.2) is 23.5 Å². The molecule has 0 amide bonds. The molecular formula is C33H40N4O2. The molecule has 2 aromatic rings. The van der Waals surface area contributed by atoms with Gasteiger partial charge in [-0.15, -0.1) is 0 Å². The number of fused-ring (bicyclic) bond motifs is 4. The Bertz CT molecular complexity index is 1430. The Morgan fingerprint density at radius 1 is 0.897 bits per heavy atom. The fraction of sp³-hybridized carbons (Fsp3) is 0.424. The minimum atomic E-state index is -0.332. The zero-order chi connectivity index (χ0) is 27.9. The van der Waals surface area contributed by atoms with Crippen LogP contribution in [0.2, 0.25) is 0 Å². The van der Waals surface area contributed by atoms with E-state index in [1.807, 2.05) is 82.3 Å². The second-order valence-electron chi connectivity index (χ2n) is 12.1. The number of esters is 1. The summed E-state index contributed by atoms with van der Waals surface area (Å²) >= 11 is 0. The Labute approximate surface area is 232 Å². The van der Waals surface area contributed by atoms with Crippen LogP contribution in [0.15, 0.2) is 81.6 Å². The number of nitrogens with zero attached hydrogens (tertiary/aromatic N) is 2. The van der Waals surface area contributed by atoms with Gasteiger partial charge in [0.25, 0.3) is 0 Å². The highest BCUT2D eigenvalue weighted by Crippen LogP contribution is 2.66. The quantitative estimate of drug-likeness (QED) is 0.387. The van der Waals surface area contributed by atoms with Gasteiger partial charge in [-0.05, 0) is 88.6 Å². The maximum Gasteiger partial charge on any atom is 0.342 e. The third-order valence-electron chi connectivity index (χ3n) is 9.38. The van der Waals surface area contributed by atoms with Gasteiger partial charge in [0, 0.05) is 22.5 Å². The molecule has 2 bridgehead atoms. The molecule has 1 aliphatic heterocycles. The molecule has 6 heteroatoms. The first-order valence-corrected chi connectivity index (χ1v) is 13.9. The minimum Gasteiger partial charge on any atom is -0.458 e. The standard InChI is InChI=1S/C33H40N4O2/c1-20-18-21(2)35-26-13-9-11-15-28(26)37-23(4)30(22(3)36-27-14-10-8-12-25(27)34-20)31(38)39-29-19-24-16-17-33(29,7)32(24,5)6/h8-15,18,24,29,34,37H,16-17,19H2,1-7H3/b20-18-,30-23+,35-21?,36-22?/t24-,29+,33+/m0/s1.